The fourth-order valence-corrected chi connectivity index (χ4v) is 5.37. The Bertz CT molecular complexity index is 1600. The average Bonchev–Trinajstić information content (AvgIpc) is 3.60. The molecule has 40 heavy (non-hydrogen) atoms. The Kier molecular flexibility index (Phi) is 6.75. The molecule has 3 aromatic heterocycles. The first kappa shape index (κ1) is 26.0. The molecular formula is C31H36N8O. The molecule has 9 nitrogen and oxygen atoms in total. The van der Waals surface area contributed by atoms with Crippen LogP contribution in [0.1, 0.15) is 57.8 Å². The third kappa shape index (κ3) is 5.04. The first-order chi connectivity index (χ1) is 19.3. The maximum atomic E-state index is 6.37. The van der Waals surface area contributed by atoms with Gasteiger partial charge >= 0.3 is 0 Å². The molecule has 206 valence electrons. The van der Waals surface area contributed by atoms with Crippen molar-refractivity contribution in [3.63, 3.8) is 0 Å². The smallest absolute Gasteiger partial charge is 0.174 e. The van der Waals surface area contributed by atoms with Crippen molar-refractivity contribution in [2.45, 2.75) is 51.9 Å². The third-order valence-corrected chi connectivity index (χ3v) is 7.82. The van der Waals surface area contributed by atoms with E-state index in [4.69, 9.17) is 15.4 Å². The van der Waals surface area contributed by atoms with E-state index >= 15 is 0 Å². The van der Waals surface area contributed by atoms with Gasteiger partial charge in [0.15, 0.2) is 11.5 Å². The summed E-state index contributed by atoms with van der Waals surface area (Å²) in [5.74, 6) is 2.52. The molecule has 1 fully saturated rings. The molecule has 0 bridgehead atoms. The fourth-order valence-electron chi connectivity index (χ4n) is 5.37. The van der Waals surface area contributed by atoms with Gasteiger partial charge in [0.25, 0.3) is 0 Å². The SMILES string of the molecule is CCN1CCC(c2ccc(-c3nn(-c4ccc(Nc5cc(C(C)(C)C)on5)cc4)c4ncnc(N)c34)cc2)CC1. The number of nitrogen functional groups attached to an aromatic ring is 1. The number of aromatic nitrogens is 5. The van der Waals surface area contributed by atoms with Gasteiger partial charge in [-0.2, -0.15) is 5.10 Å². The zero-order chi connectivity index (χ0) is 27.9. The van der Waals surface area contributed by atoms with E-state index in [0.717, 1.165) is 53.4 Å². The van der Waals surface area contributed by atoms with Gasteiger partial charge in [-0.3, -0.25) is 0 Å². The van der Waals surface area contributed by atoms with Gasteiger partial charge in [0, 0.05) is 22.7 Å². The predicted molar refractivity (Wildman–Crippen MR) is 159 cm³/mol. The third-order valence-electron chi connectivity index (χ3n) is 7.82. The first-order valence-corrected chi connectivity index (χ1v) is 14.0. The maximum Gasteiger partial charge on any atom is 0.174 e. The first-order valence-electron chi connectivity index (χ1n) is 14.0. The fraction of sp³-hybridized carbons (Fsp3) is 0.355. The molecule has 5 aromatic rings. The van der Waals surface area contributed by atoms with E-state index in [1.54, 1.807) is 0 Å². The molecule has 4 heterocycles. The number of nitrogens with zero attached hydrogens (tertiary/aromatic N) is 6. The molecule has 0 radical (unpaired) electrons. The lowest BCUT2D eigenvalue weighted by atomic mass is 9.89. The van der Waals surface area contributed by atoms with Crippen molar-refractivity contribution < 1.29 is 4.52 Å². The summed E-state index contributed by atoms with van der Waals surface area (Å²) in [5.41, 5.74) is 11.9. The summed E-state index contributed by atoms with van der Waals surface area (Å²) >= 11 is 0. The Balaban J connectivity index is 1.27. The van der Waals surface area contributed by atoms with Crippen LogP contribution in [0.25, 0.3) is 28.0 Å². The molecule has 6 rings (SSSR count). The van der Waals surface area contributed by atoms with Crippen LogP contribution in [0.5, 0.6) is 0 Å². The molecule has 2 aromatic carbocycles. The van der Waals surface area contributed by atoms with E-state index in [0.29, 0.717) is 23.2 Å². The van der Waals surface area contributed by atoms with Gasteiger partial charge in [0.05, 0.1) is 11.1 Å². The molecule has 3 N–H and O–H groups in total. The van der Waals surface area contributed by atoms with E-state index in [2.05, 4.69) is 77.3 Å². The zero-order valence-electron chi connectivity index (χ0n) is 23.6. The normalized spacial score (nSPS) is 15.1. The number of hydrogen-bond acceptors (Lipinski definition) is 8. The minimum atomic E-state index is -0.105. The van der Waals surface area contributed by atoms with E-state index in [1.807, 2.05) is 35.0 Å². The molecule has 1 aliphatic heterocycles. The predicted octanol–water partition coefficient (Wildman–Crippen LogP) is 6.29. The number of nitrogens with two attached hydrogens (primary N) is 1. The molecule has 0 amide bonds. The van der Waals surface area contributed by atoms with E-state index < -0.39 is 0 Å². The molecule has 0 unspecified atom stereocenters. The Morgan fingerprint density at radius 3 is 2.38 bits per heavy atom. The minimum absolute atomic E-state index is 0.105. The summed E-state index contributed by atoms with van der Waals surface area (Å²) in [7, 11) is 0. The molecule has 0 spiro atoms. The summed E-state index contributed by atoms with van der Waals surface area (Å²) in [6.45, 7) is 12.0. The van der Waals surface area contributed by atoms with Crippen molar-refractivity contribution in [3.8, 4) is 16.9 Å². The van der Waals surface area contributed by atoms with Gasteiger partial charge in [-0.1, -0.05) is 57.1 Å². The quantitative estimate of drug-likeness (QED) is 0.260. The van der Waals surface area contributed by atoms with Crippen molar-refractivity contribution >= 4 is 28.4 Å². The van der Waals surface area contributed by atoms with Crippen LogP contribution in [-0.2, 0) is 5.41 Å². The van der Waals surface area contributed by atoms with Gasteiger partial charge in [-0.25, -0.2) is 14.6 Å². The second-order valence-electron chi connectivity index (χ2n) is 11.5. The molecule has 0 aliphatic carbocycles. The number of hydrogen-bond donors (Lipinski definition) is 2. The van der Waals surface area contributed by atoms with E-state index in [-0.39, 0.29) is 5.41 Å². The standard InChI is InChI=1S/C31H36N8O/c1-5-38-16-14-21(15-17-38)20-6-8-22(9-7-20)28-27-29(32)33-19-34-30(27)39(36-28)24-12-10-23(11-13-24)35-26-18-25(40-37-26)31(2,3)4/h6-13,18-19,21H,5,14-17H2,1-4H3,(H,35,37)(H2,32,33,34). The Morgan fingerprint density at radius 2 is 1.73 bits per heavy atom. The summed E-state index contributed by atoms with van der Waals surface area (Å²) in [6.07, 6.45) is 3.88. The number of fused-ring (bicyclic) bond motifs is 1. The highest BCUT2D eigenvalue weighted by atomic mass is 16.5. The van der Waals surface area contributed by atoms with Crippen LogP contribution < -0.4 is 11.1 Å². The molecular weight excluding hydrogens is 500 g/mol. The number of piperidine rings is 1. The summed E-state index contributed by atoms with van der Waals surface area (Å²) in [4.78, 5) is 11.3. The lowest BCUT2D eigenvalue weighted by Crippen LogP contribution is -2.32. The van der Waals surface area contributed by atoms with Crippen molar-refractivity contribution in [3.05, 3.63) is 72.2 Å². The summed E-state index contributed by atoms with van der Waals surface area (Å²) in [6, 6.07) is 18.7. The second kappa shape index (κ2) is 10.4. The highest BCUT2D eigenvalue weighted by Crippen LogP contribution is 2.34. The van der Waals surface area contributed by atoms with Crippen LogP contribution in [-0.4, -0.2) is 49.4 Å². The summed E-state index contributed by atoms with van der Waals surface area (Å²) in [5, 5.41) is 13.2. The minimum Gasteiger partial charge on any atom is -0.383 e. The van der Waals surface area contributed by atoms with Crippen molar-refractivity contribution in [1.82, 2.24) is 29.8 Å². The van der Waals surface area contributed by atoms with Gasteiger partial charge in [-0.05, 0) is 68.2 Å². The van der Waals surface area contributed by atoms with Crippen molar-refractivity contribution in [1.29, 1.82) is 0 Å². The molecule has 9 heteroatoms. The highest BCUT2D eigenvalue weighted by Gasteiger charge is 2.22. The molecule has 1 aliphatic rings. The number of benzene rings is 2. The number of rotatable bonds is 6. The van der Waals surface area contributed by atoms with Crippen LogP contribution in [0.15, 0.2) is 65.4 Å². The van der Waals surface area contributed by atoms with Crippen LogP contribution in [0.2, 0.25) is 0 Å². The number of nitrogens with one attached hydrogen (secondary N) is 1. The Hall–Kier alpha value is -4.24. The maximum absolute atomic E-state index is 6.37. The van der Waals surface area contributed by atoms with Crippen molar-refractivity contribution in [2.75, 3.05) is 30.7 Å². The largest absolute Gasteiger partial charge is 0.383 e. The van der Waals surface area contributed by atoms with Crippen molar-refractivity contribution in [2.24, 2.45) is 0 Å². The lowest BCUT2D eigenvalue weighted by Gasteiger charge is -2.31. The zero-order valence-corrected chi connectivity index (χ0v) is 23.6. The monoisotopic (exact) mass is 536 g/mol. The van der Waals surface area contributed by atoms with Crippen LogP contribution in [0.3, 0.4) is 0 Å². The molecule has 0 atom stereocenters. The average molecular weight is 537 g/mol. The second-order valence-corrected chi connectivity index (χ2v) is 11.5. The Morgan fingerprint density at radius 1 is 1.00 bits per heavy atom. The molecule has 0 saturated carbocycles. The van der Waals surface area contributed by atoms with Crippen LogP contribution in [0.4, 0.5) is 17.3 Å². The van der Waals surface area contributed by atoms with Gasteiger partial charge < -0.3 is 20.5 Å². The van der Waals surface area contributed by atoms with Crippen LogP contribution in [0, 0.1) is 0 Å². The van der Waals surface area contributed by atoms with Gasteiger partial charge in [0.1, 0.15) is 23.6 Å². The lowest BCUT2D eigenvalue weighted by molar-refractivity contribution is 0.222. The number of anilines is 3. The number of likely N-dealkylation sites (tertiary alicyclic amines) is 1. The van der Waals surface area contributed by atoms with Crippen LogP contribution >= 0.6 is 0 Å². The molecule has 1 saturated heterocycles. The highest BCUT2D eigenvalue weighted by molar-refractivity contribution is 5.98. The van der Waals surface area contributed by atoms with Gasteiger partial charge in [-0.15, -0.1) is 0 Å². The summed E-state index contributed by atoms with van der Waals surface area (Å²) < 4.78 is 7.32. The van der Waals surface area contributed by atoms with E-state index in [9.17, 15) is 0 Å². The van der Waals surface area contributed by atoms with E-state index in [1.165, 1.54) is 24.7 Å². The van der Waals surface area contributed by atoms with Gasteiger partial charge in [0.2, 0.25) is 0 Å². The Labute approximate surface area is 234 Å². The topological polar surface area (TPSA) is 111 Å².